The van der Waals surface area contributed by atoms with Crippen LogP contribution in [0.1, 0.15) is 20.3 Å². The first-order valence-electron chi connectivity index (χ1n) is 5.09. The van der Waals surface area contributed by atoms with Crippen molar-refractivity contribution in [1.29, 1.82) is 0 Å². The van der Waals surface area contributed by atoms with E-state index in [2.05, 4.69) is 0 Å². The number of rotatable bonds is 2. The van der Waals surface area contributed by atoms with Crippen LogP contribution in [0.15, 0.2) is 0 Å². The van der Waals surface area contributed by atoms with E-state index in [0.29, 0.717) is 0 Å². The molecule has 1 heterocycles. The first-order chi connectivity index (χ1) is 6.91. The fourth-order valence-corrected chi connectivity index (χ4v) is 2.53. The van der Waals surface area contributed by atoms with Crippen molar-refractivity contribution in [3.05, 3.63) is 0 Å². The van der Waals surface area contributed by atoms with Gasteiger partial charge in [0.25, 0.3) is 5.92 Å². The van der Waals surface area contributed by atoms with Gasteiger partial charge >= 0.3 is 0 Å². The lowest BCUT2D eigenvalue weighted by atomic mass is 10.1. The van der Waals surface area contributed by atoms with Gasteiger partial charge in [-0.15, -0.1) is 0 Å². The van der Waals surface area contributed by atoms with Gasteiger partial charge in [-0.05, 0) is 6.92 Å². The Kier molecular flexibility index (Phi) is 2.10. The van der Waals surface area contributed by atoms with Gasteiger partial charge in [0.05, 0.1) is 17.9 Å². The van der Waals surface area contributed by atoms with Crippen molar-refractivity contribution in [2.24, 2.45) is 11.8 Å². The average Bonchev–Trinajstić information content (AvgIpc) is 2.60. The van der Waals surface area contributed by atoms with E-state index in [0.717, 1.165) is 0 Å². The lowest BCUT2D eigenvalue weighted by molar-refractivity contribution is -0.140. The van der Waals surface area contributed by atoms with Crippen LogP contribution in [0.3, 0.4) is 0 Å². The zero-order chi connectivity index (χ0) is 11.4. The number of carbonyl (C=O) groups is 2. The van der Waals surface area contributed by atoms with Gasteiger partial charge in [0.1, 0.15) is 0 Å². The fourth-order valence-electron chi connectivity index (χ4n) is 2.53. The Hall–Kier alpha value is -1.00. The molecule has 1 saturated carbocycles. The molecule has 0 aromatic heterocycles. The number of hydrogen-bond acceptors (Lipinski definition) is 2. The van der Waals surface area contributed by atoms with Crippen LogP contribution in [0.4, 0.5) is 8.78 Å². The minimum atomic E-state index is -2.74. The van der Waals surface area contributed by atoms with Crippen LogP contribution in [0, 0.1) is 11.8 Å². The number of amides is 1. The van der Waals surface area contributed by atoms with E-state index in [9.17, 15) is 18.4 Å². The average molecular weight is 217 g/mol. The highest BCUT2D eigenvalue weighted by Crippen LogP contribution is 2.62. The van der Waals surface area contributed by atoms with Gasteiger partial charge in [-0.2, -0.15) is 0 Å². The van der Waals surface area contributed by atoms with Gasteiger partial charge < -0.3 is 4.90 Å². The summed E-state index contributed by atoms with van der Waals surface area (Å²) in [5.74, 6) is -4.99. The third-order valence-corrected chi connectivity index (χ3v) is 3.37. The zero-order valence-electron chi connectivity index (χ0n) is 8.67. The molecule has 0 radical (unpaired) electrons. The summed E-state index contributed by atoms with van der Waals surface area (Å²) in [6, 6.07) is -0.891. The summed E-state index contributed by atoms with van der Waals surface area (Å²) >= 11 is 0. The topological polar surface area (TPSA) is 37.4 Å². The molecule has 0 aromatic rings. The molecule has 2 rings (SSSR count). The molecule has 84 valence electrons. The van der Waals surface area contributed by atoms with Crippen LogP contribution >= 0.6 is 0 Å². The predicted octanol–water partition coefficient (Wildman–Crippen LogP) is 1.08. The van der Waals surface area contributed by atoms with Gasteiger partial charge in [0, 0.05) is 13.0 Å². The second-order valence-corrected chi connectivity index (χ2v) is 4.26. The van der Waals surface area contributed by atoms with Crippen molar-refractivity contribution in [1.82, 2.24) is 4.90 Å². The lowest BCUT2D eigenvalue weighted by Gasteiger charge is -2.26. The summed E-state index contributed by atoms with van der Waals surface area (Å²) in [4.78, 5) is 24.0. The normalized spacial score (nSPS) is 36.3. The molecular formula is C10H13F2NO2. The molecule has 5 heteroatoms. The van der Waals surface area contributed by atoms with Crippen LogP contribution in [-0.2, 0) is 9.59 Å². The number of halogens is 2. The maximum absolute atomic E-state index is 13.1. The minimum absolute atomic E-state index is 0.0363. The molecular weight excluding hydrogens is 204 g/mol. The van der Waals surface area contributed by atoms with Gasteiger partial charge in [-0.25, -0.2) is 8.78 Å². The Balaban J connectivity index is 2.19. The monoisotopic (exact) mass is 217 g/mol. The Morgan fingerprint density at radius 1 is 1.47 bits per heavy atom. The molecule has 3 unspecified atom stereocenters. The first kappa shape index (κ1) is 10.5. The Morgan fingerprint density at radius 2 is 2.07 bits per heavy atom. The molecule has 1 amide bonds. The largest absolute Gasteiger partial charge is 0.332 e. The van der Waals surface area contributed by atoms with E-state index in [4.69, 9.17) is 0 Å². The molecule has 0 bridgehead atoms. The molecule has 3 atom stereocenters. The summed E-state index contributed by atoms with van der Waals surface area (Å²) < 4.78 is 26.2. The van der Waals surface area contributed by atoms with E-state index in [1.54, 1.807) is 6.92 Å². The van der Waals surface area contributed by atoms with Crippen molar-refractivity contribution >= 4 is 11.7 Å². The second-order valence-electron chi connectivity index (χ2n) is 4.26. The maximum atomic E-state index is 13.1. The third kappa shape index (κ3) is 1.28. The summed E-state index contributed by atoms with van der Waals surface area (Å²) in [6.07, 6.45) is 0.259. The number of hydrogen-bond donors (Lipinski definition) is 0. The molecule has 2 fully saturated rings. The van der Waals surface area contributed by atoms with Crippen molar-refractivity contribution in [3.8, 4) is 0 Å². The van der Waals surface area contributed by atoms with Crippen LogP contribution in [-0.4, -0.2) is 35.1 Å². The van der Waals surface area contributed by atoms with E-state index in [1.807, 2.05) is 0 Å². The molecule has 15 heavy (non-hydrogen) atoms. The molecule has 0 spiro atoms. The Labute approximate surface area is 86.4 Å². The molecule has 1 saturated heterocycles. The Bertz CT molecular complexity index is 329. The number of piperidine rings is 1. The standard InChI is InChI=1S/C10H13F2NO2/c1-3-7(15)13-4-6-8(10(6,11)12)9(13)5(2)14/h6,8-9H,3-4H2,1-2H3. The number of Topliss-reactive ketones (excluding diaryl/α,β-unsaturated/α-hetero) is 1. The number of alkyl halides is 2. The van der Waals surface area contributed by atoms with Crippen molar-refractivity contribution in [3.63, 3.8) is 0 Å². The lowest BCUT2D eigenvalue weighted by Crippen LogP contribution is -2.44. The van der Waals surface area contributed by atoms with Crippen LogP contribution in [0.5, 0.6) is 0 Å². The fraction of sp³-hybridized carbons (Fsp3) is 0.800. The van der Waals surface area contributed by atoms with E-state index >= 15 is 0 Å². The van der Waals surface area contributed by atoms with Crippen molar-refractivity contribution < 1.29 is 18.4 Å². The number of fused-ring (bicyclic) bond motifs is 1. The zero-order valence-corrected chi connectivity index (χ0v) is 8.67. The van der Waals surface area contributed by atoms with Gasteiger partial charge in [0.15, 0.2) is 5.78 Å². The number of nitrogens with zero attached hydrogens (tertiary/aromatic N) is 1. The molecule has 1 aliphatic heterocycles. The number of likely N-dealkylation sites (tertiary alicyclic amines) is 1. The second kappa shape index (κ2) is 3.00. The quantitative estimate of drug-likeness (QED) is 0.694. The summed E-state index contributed by atoms with van der Waals surface area (Å²) in [5.41, 5.74) is 0. The predicted molar refractivity (Wildman–Crippen MR) is 48.4 cm³/mol. The summed E-state index contributed by atoms with van der Waals surface area (Å²) in [6.45, 7) is 2.98. The molecule has 2 aliphatic rings. The summed E-state index contributed by atoms with van der Waals surface area (Å²) in [7, 11) is 0. The van der Waals surface area contributed by atoms with Crippen molar-refractivity contribution in [2.45, 2.75) is 32.2 Å². The molecule has 3 nitrogen and oxygen atoms in total. The van der Waals surface area contributed by atoms with Crippen LogP contribution < -0.4 is 0 Å². The third-order valence-electron chi connectivity index (χ3n) is 3.37. The van der Waals surface area contributed by atoms with Crippen LogP contribution in [0.2, 0.25) is 0 Å². The van der Waals surface area contributed by atoms with E-state index in [-0.39, 0.29) is 24.7 Å². The molecule has 1 aliphatic carbocycles. The maximum Gasteiger partial charge on any atom is 0.258 e. The number of ketones is 1. The summed E-state index contributed by atoms with van der Waals surface area (Å²) in [5, 5.41) is 0. The highest BCUT2D eigenvalue weighted by Gasteiger charge is 2.76. The van der Waals surface area contributed by atoms with Crippen LogP contribution in [0.25, 0.3) is 0 Å². The highest BCUT2D eigenvalue weighted by molar-refractivity contribution is 5.89. The van der Waals surface area contributed by atoms with Gasteiger partial charge in [-0.1, -0.05) is 6.92 Å². The van der Waals surface area contributed by atoms with E-state index in [1.165, 1.54) is 11.8 Å². The van der Waals surface area contributed by atoms with Gasteiger partial charge in [-0.3, -0.25) is 9.59 Å². The molecule has 0 aromatic carbocycles. The first-order valence-corrected chi connectivity index (χ1v) is 5.09. The van der Waals surface area contributed by atoms with E-state index < -0.39 is 23.8 Å². The number of carbonyl (C=O) groups excluding carboxylic acids is 2. The minimum Gasteiger partial charge on any atom is -0.332 e. The molecule has 0 N–H and O–H groups in total. The Morgan fingerprint density at radius 3 is 2.53 bits per heavy atom. The SMILES string of the molecule is CCC(=O)N1CC2C(C1C(C)=O)C2(F)F. The van der Waals surface area contributed by atoms with Gasteiger partial charge in [0.2, 0.25) is 5.91 Å². The highest BCUT2D eigenvalue weighted by atomic mass is 19.3. The van der Waals surface area contributed by atoms with Crippen molar-refractivity contribution in [2.75, 3.05) is 6.54 Å². The smallest absolute Gasteiger partial charge is 0.258 e.